The van der Waals surface area contributed by atoms with E-state index in [0.717, 1.165) is 24.8 Å². The van der Waals surface area contributed by atoms with Gasteiger partial charge in [0.05, 0.1) is 6.10 Å². The molecule has 4 rings (SSSR count). The summed E-state index contributed by atoms with van der Waals surface area (Å²) in [5.74, 6) is 0. The second-order valence-electron chi connectivity index (χ2n) is 5.76. The summed E-state index contributed by atoms with van der Waals surface area (Å²) in [4.78, 5) is 1.33. The summed E-state index contributed by atoms with van der Waals surface area (Å²) in [6.45, 7) is 0. The maximum absolute atomic E-state index is 10.3. The first-order chi connectivity index (χ1) is 10.3. The molecule has 1 nitrogen and oxygen atoms in total. The van der Waals surface area contributed by atoms with Crippen molar-refractivity contribution in [1.29, 1.82) is 0 Å². The maximum Gasteiger partial charge on any atom is 0.0793 e. The number of aliphatic hydroxyl groups excluding tert-OH is 1. The van der Waals surface area contributed by atoms with Crippen molar-refractivity contribution in [2.75, 3.05) is 6.26 Å². The molecule has 1 unspecified atom stereocenters. The molecule has 3 aromatic carbocycles. The van der Waals surface area contributed by atoms with E-state index < -0.39 is 0 Å². The zero-order valence-electron chi connectivity index (χ0n) is 12.1. The Morgan fingerprint density at radius 1 is 1.00 bits per heavy atom. The first kappa shape index (κ1) is 13.2. The van der Waals surface area contributed by atoms with Gasteiger partial charge in [0.15, 0.2) is 0 Å². The van der Waals surface area contributed by atoms with Crippen LogP contribution >= 0.6 is 11.8 Å². The third-order valence-electron chi connectivity index (χ3n) is 4.63. The average molecular weight is 294 g/mol. The summed E-state index contributed by atoms with van der Waals surface area (Å²) in [6.07, 6.45) is 4.89. The fourth-order valence-electron chi connectivity index (χ4n) is 3.61. The normalized spacial score (nSPS) is 18.1. The fraction of sp³-hybridized carbons (Fsp3) is 0.263. The summed E-state index contributed by atoms with van der Waals surface area (Å²) in [6, 6.07) is 15.3. The van der Waals surface area contributed by atoms with Crippen molar-refractivity contribution >= 4 is 33.3 Å². The molecule has 0 saturated heterocycles. The van der Waals surface area contributed by atoms with Gasteiger partial charge in [0, 0.05) is 4.90 Å². The van der Waals surface area contributed by atoms with Crippen LogP contribution in [0.15, 0.2) is 47.4 Å². The Bertz CT molecular complexity index is 838. The van der Waals surface area contributed by atoms with Crippen molar-refractivity contribution in [1.82, 2.24) is 0 Å². The van der Waals surface area contributed by atoms with Crippen LogP contribution in [-0.2, 0) is 6.42 Å². The summed E-state index contributed by atoms with van der Waals surface area (Å²) in [5.41, 5.74) is 2.49. The van der Waals surface area contributed by atoms with Gasteiger partial charge in [0.2, 0.25) is 0 Å². The van der Waals surface area contributed by atoms with E-state index in [-0.39, 0.29) is 6.10 Å². The molecule has 3 aromatic rings. The number of hydrogen-bond acceptors (Lipinski definition) is 2. The van der Waals surface area contributed by atoms with Gasteiger partial charge >= 0.3 is 0 Å². The first-order valence-electron chi connectivity index (χ1n) is 7.49. The van der Waals surface area contributed by atoms with Gasteiger partial charge in [0.1, 0.15) is 0 Å². The van der Waals surface area contributed by atoms with Crippen molar-refractivity contribution in [3.8, 4) is 0 Å². The number of fused-ring (bicyclic) bond motifs is 5. The Morgan fingerprint density at radius 3 is 2.57 bits per heavy atom. The minimum absolute atomic E-state index is 0.289. The molecule has 0 heterocycles. The Balaban J connectivity index is 2.15. The van der Waals surface area contributed by atoms with Gasteiger partial charge in [-0.15, -0.1) is 11.8 Å². The molecule has 0 aliphatic heterocycles. The molecule has 0 amide bonds. The van der Waals surface area contributed by atoms with Crippen LogP contribution in [0.25, 0.3) is 21.5 Å². The van der Waals surface area contributed by atoms with E-state index >= 15 is 0 Å². The molecule has 1 atom stereocenters. The molecule has 0 saturated carbocycles. The summed E-state index contributed by atoms with van der Waals surface area (Å²) < 4.78 is 0. The highest BCUT2D eigenvalue weighted by atomic mass is 32.2. The van der Waals surface area contributed by atoms with Crippen LogP contribution in [0.5, 0.6) is 0 Å². The van der Waals surface area contributed by atoms with Crippen molar-refractivity contribution in [3.63, 3.8) is 0 Å². The highest BCUT2D eigenvalue weighted by Gasteiger charge is 2.20. The number of rotatable bonds is 1. The van der Waals surface area contributed by atoms with Crippen LogP contribution in [0.4, 0.5) is 0 Å². The highest BCUT2D eigenvalue weighted by Crippen LogP contribution is 2.39. The lowest BCUT2D eigenvalue weighted by molar-refractivity contribution is 0.157. The third-order valence-corrected chi connectivity index (χ3v) is 5.41. The van der Waals surface area contributed by atoms with Gasteiger partial charge in [0.25, 0.3) is 0 Å². The second kappa shape index (κ2) is 5.04. The quantitative estimate of drug-likeness (QED) is 0.498. The van der Waals surface area contributed by atoms with E-state index in [1.807, 2.05) is 0 Å². The topological polar surface area (TPSA) is 20.2 Å². The predicted molar refractivity (Wildman–Crippen MR) is 91.1 cm³/mol. The van der Waals surface area contributed by atoms with Gasteiger partial charge < -0.3 is 5.11 Å². The zero-order valence-corrected chi connectivity index (χ0v) is 12.9. The van der Waals surface area contributed by atoms with Crippen molar-refractivity contribution < 1.29 is 5.11 Å². The number of aryl methyl sites for hydroxylation is 1. The van der Waals surface area contributed by atoms with E-state index in [1.54, 1.807) is 11.8 Å². The van der Waals surface area contributed by atoms with Gasteiger partial charge in [-0.2, -0.15) is 0 Å². The lowest BCUT2D eigenvalue weighted by atomic mass is 9.85. The standard InChI is InChI=1S/C19H18OS/c1-21-19-11-17-13-7-4-8-18(20)15(13)10-9-14(17)12-5-2-3-6-16(12)19/h2-3,5-6,9-11,18,20H,4,7-8H2,1H3. The molecule has 0 bridgehead atoms. The highest BCUT2D eigenvalue weighted by molar-refractivity contribution is 7.98. The van der Waals surface area contributed by atoms with Crippen molar-refractivity contribution in [3.05, 3.63) is 53.6 Å². The van der Waals surface area contributed by atoms with E-state index in [2.05, 4.69) is 48.7 Å². The molecular formula is C19H18OS. The van der Waals surface area contributed by atoms with Crippen LogP contribution in [0.1, 0.15) is 30.1 Å². The summed E-state index contributed by atoms with van der Waals surface area (Å²) in [7, 11) is 0. The molecule has 1 aliphatic rings. The Hall–Kier alpha value is -1.51. The van der Waals surface area contributed by atoms with E-state index in [1.165, 1.54) is 32.0 Å². The van der Waals surface area contributed by atoms with Gasteiger partial charge in [-0.1, -0.05) is 36.4 Å². The summed E-state index contributed by atoms with van der Waals surface area (Å²) in [5, 5.41) is 15.5. The molecule has 0 spiro atoms. The Kier molecular flexibility index (Phi) is 3.16. The molecule has 0 aromatic heterocycles. The van der Waals surface area contributed by atoms with Gasteiger partial charge in [-0.3, -0.25) is 0 Å². The Labute approximate surface area is 129 Å². The molecule has 0 radical (unpaired) electrons. The number of thioether (sulfide) groups is 1. The van der Waals surface area contributed by atoms with Crippen LogP contribution < -0.4 is 0 Å². The van der Waals surface area contributed by atoms with Crippen LogP contribution in [0.3, 0.4) is 0 Å². The molecule has 106 valence electrons. The number of hydrogen-bond donors (Lipinski definition) is 1. The van der Waals surface area contributed by atoms with Gasteiger partial charge in [-0.05, 0) is 64.3 Å². The average Bonchev–Trinajstić information content (AvgIpc) is 2.54. The molecule has 21 heavy (non-hydrogen) atoms. The number of benzene rings is 3. The van der Waals surface area contributed by atoms with Crippen LogP contribution in [0.2, 0.25) is 0 Å². The first-order valence-corrected chi connectivity index (χ1v) is 8.71. The largest absolute Gasteiger partial charge is 0.388 e. The fourth-order valence-corrected chi connectivity index (χ4v) is 4.24. The van der Waals surface area contributed by atoms with E-state index in [9.17, 15) is 5.11 Å². The summed E-state index contributed by atoms with van der Waals surface area (Å²) >= 11 is 1.80. The van der Waals surface area contributed by atoms with Crippen molar-refractivity contribution in [2.24, 2.45) is 0 Å². The lowest BCUT2D eigenvalue weighted by Crippen LogP contribution is -2.09. The predicted octanol–water partition coefficient (Wildman–Crippen LogP) is 5.08. The minimum Gasteiger partial charge on any atom is -0.388 e. The number of aliphatic hydroxyl groups is 1. The van der Waals surface area contributed by atoms with E-state index in [0.29, 0.717) is 0 Å². The molecule has 1 N–H and O–H groups in total. The monoisotopic (exact) mass is 294 g/mol. The van der Waals surface area contributed by atoms with E-state index in [4.69, 9.17) is 0 Å². The maximum atomic E-state index is 10.3. The lowest BCUT2D eigenvalue weighted by Gasteiger charge is -2.23. The third kappa shape index (κ3) is 1.97. The SMILES string of the molecule is CSc1cc2c3c(ccc2c2ccccc12)C(O)CCC3. The smallest absolute Gasteiger partial charge is 0.0793 e. The second-order valence-corrected chi connectivity index (χ2v) is 6.61. The minimum atomic E-state index is -0.289. The van der Waals surface area contributed by atoms with Crippen LogP contribution in [0, 0.1) is 0 Å². The van der Waals surface area contributed by atoms with Crippen molar-refractivity contribution in [2.45, 2.75) is 30.3 Å². The molecule has 2 heteroatoms. The van der Waals surface area contributed by atoms with Crippen LogP contribution in [-0.4, -0.2) is 11.4 Å². The molecular weight excluding hydrogens is 276 g/mol. The zero-order chi connectivity index (χ0) is 14.4. The molecule has 1 aliphatic carbocycles. The van der Waals surface area contributed by atoms with Gasteiger partial charge in [-0.25, -0.2) is 0 Å². The molecule has 0 fully saturated rings. The Morgan fingerprint density at radius 2 is 1.76 bits per heavy atom.